The lowest BCUT2D eigenvalue weighted by Crippen LogP contribution is -2.40. The molecule has 0 aliphatic carbocycles. The molecule has 164 valence electrons. The van der Waals surface area contributed by atoms with Crippen LogP contribution in [0.15, 0.2) is 42.6 Å². The van der Waals surface area contributed by atoms with E-state index in [1.165, 1.54) is 22.1 Å². The lowest BCUT2D eigenvalue weighted by molar-refractivity contribution is -0.122. The number of carbonyl (C=O) groups excluding carboxylic acids is 1. The van der Waals surface area contributed by atoms with Crippen molar-refractivity contribution in [2.24, 2.45) is 0 Å². The highest BCUT2D eigenvalue weighted by Crippen LogP contribution is 2.33. The van der Waals surface area contributed by atoms with E-state index in [0.29, 0.717) is 26.3 Å². The summed E-state index contributed by atoms with van der Waals surface area (Å²) in [7, 11) is 0. The van der Waals surface area contributed by atoms with Crippen LogP contribution in [0.3, 0.4) is 0 Å². The van der Waals surface area contributed by atoms with Gasteiger partial charge >= 0.3 is 0 Å². The molecule has 2 N–H and O–H groups in total. The summed E-state index contributed by atoms with van der Waals surface area (Å²) < 4.78 is 11.5. The molecule has 4 rings (SSSR count). The maximum Gasteiger partial charge on any atom is 0.234 e. The first-order valence-electron chi connectivity index (χ1n) is 11.1. The Labute approximate surface area is 183 Å². The third kappa shape index (κ3) is 5.02. The predicted octanol–water partition coefficient (Wildman–Crippen LogP) is 3.68. The van der Waals surface area contributed by atoms with Gasteiger partial charge in [-0.25, -0.2) is 0 Å². The van der Waals surface area contributed by atoms with Crippen LogP contribution in [0, 0.1) is 0 Å². The number of hydrogen-bond acceptors (Lipinski definition) is 4. The maximum atomic E-state index is 12.5. The van der Waals surface area contributed by atoms with E-state index < -0.39 is 0 Å². The van der Waals surface area contributed by atoms with Gasteiger partial charge in [0.2, 0.25) is 5.91 Å². The number of ether oxygens (including phenoxy) is 2. The Morgan fingerprint density at radius 1 is 1.10 bits per heavy atom. The van der Waals surface area contributed by atoms with E-state index >= 15 is 0 Å². The van der Waals surface area contributed by atoms with Crippen molar-refractivity contribution in [1.82, 2.24) is 15.2 Å². The van der Waals surface area contributed by atoms with Gasteiger partial charge in [-0.05, 0) is 61.6 Å². The van der Waals surface area contributed by atoms with Gasteiger partial charge < -0.3 is 19.8 Å². The fourth-order valence-corrected chi connectivity index (χ4v) is 4.23. The number of nitrogens with zero attached hydrogens (tertiary/aromatic N) is 1. The summed E-state index contributed by atoms with van der Waals surface area (Å²) in [5, 5.41) is 4.30. The largest absolute Gasteiger partial charge is 0.490 e. The number of rotatable bonds is 9. The molecule has 1 aromatic heterocycles. The molecule has 0 radical (unpaired) electrons. The number of benzene rings is 2. The number of aromatic amines is 1. The number of para-hydroxylation sites is 1. The predicted molar refractivity (Wildman–Crippen MR) is 123 cm³/mol. The molecule has 0 fully saturated rings. The molecule has 1 aliphatic rings. The average Bonchev–Trinajstić information content (AvgIpc) is 3.18. The lowest BCUT2D eigenvalue weighted by atomic mass is 9.98. The molecule has 0 saturated carbocycles. The van der Waals surface area contributed by atoms with Gasteiger partial charge in [0.05, 0.1) is 19.8 Å². The van der Waals surface area contributed by atoms with Crippen molar-refractivity contribution in [2.45, 2.75) is 33.2 Å². The standard InChI is InChI=1S/C25H31N3O3/c1-3-30-23-13-18-10-12-28(16-20(18)14-24(23)31-4-2)17-25(29)26-11-9-19-15-27-22-8-6-5-7-21(19)22/h5-8,13-15,27H,3-4,9-12,16-17H2,1-2H3,(H,26,29). The van der Waals surface area contributed by atoms with Crippen LogP contribution in [-0.2, 0) is 24.2 Å². The molecule has 1 amide bonds. The summed E-state index contributed by atoms with van der Waals surface area (Å²) >= 11 is 0. The van der Waals surface area contributed by atoms with Crippen LogP contribution in [0.4, 0.5) is 0 Å². The van der Waals surface area contributed by atoms with Crippen LogP contribution in [0.5, 0.6) is 11.5 Å². The fourth-order valence-electron chi connectivity index (χ4n) is 4.23. The Balaban J connectivity index is 1.31. The minimum absolute atomic E-state index is 0.0688. The molecule has 6 heteroatoms. The average molecular weight is 422 g/mol. The first-order valence-corrected chi connectivity index (χ1v) is 11.1. The summed E-state index contributed by atoms with van der Waals surface area (Å²) in [6.07, 6.45) is 3.76. The zero-order valence-electron chi connectivity index (χ0n) is 18.4. The molecule has 3 aromatic rings. The van der Waals surface area contributed by atoms with Crippen molar-refractivity contribution in [3.05, 3.63) is 59.3 Å². The molecular formula is C25H31N3O3. The Hall–Kier alpha value is -2.99. The molecule has 0 unspecified atom stereocenters. The maximum absolute atomic E-state index is 12.5. The third-order valence-corrected chi connectivity index (χ3v) is 5.72. The summed E-state index contributed by atoms with van der Waals surface area (Å²) in [4.78, 5) is 18.0. The number of hydrogen-bond donors (Lipinski definition) is 2. The molecule has 0 bridgehead atoms. The van der Waals surface area contributed by atoms with Crippen LogP contribution in [-0.4, -0.2) is 48.6 Å². The molecule has 0 spiro atoms. The van der Waals surface area contributed by atoms with Crippen LogP contribution in [0.1, 0.15) is 30.5 Å². The Morgan fingerprint density at radius 3 is 2.61 bits per heavy atom. The fraction of sp³-hybridized carbons (Fsp3) is 0.400. The second kappa shape index (κ2) is 9.88. The lowest BCUT2D eigenvalue weighted by Gasteiger charge is -2.29. The number of amides is 1. The second-order valence-electron chi connectivity index (χ2n) is 7.85. The van der Waals surface area contributed by atoms with E-state index in [0.717, 1.165) is 42.9 Å². The zero-order valence-corrected chi connectivity index (χ0v) is 18.4. The molecule has 0 atom stereocenters. The van der Waals surface area contributed by atoms with Crippen molar-refractivity contribution in [3.8, 4) is 11.5 Å². The first kappa shape index (κ1) is 21.2. The normalized spacial score (nSPS) is 13.7. The number of H-pyrrole nitrogens is 1. The molecule has 2 aromatic carbocycles. The van der Waals surface area contributed by atoms with E-state index in [2.05, 4.69) is 39.5 Å². The molecule has 1 aliphatic heterocycles. The van der Waals surface area contributed by atoms with E-state index in [1.54, 1.807) is 0 Å². The quantitative estimate of drug-likeness (QED) is 0.553. The Kier molecular flexibility index (Phi) is 6.77. The van der Waals surface area contributed by atoms with Crippen molar-refractivity contribution in [3.63, 3.8) is 0 Å². The highest BCUT2D eigenvalue weighted by molar-refractivity contribution is 5.83. The van der Waals surface area contributed by atoms with Crippen molar-refractivity contribution in [2.75, 3.05) is 32.8 Å². The summed E-state index contributed by atoms with van der Waals surface area (Å²) in [5.41, 5.74) is 4.86. The minimum atomic E-state index is 0.0688. The molecule has 2 heterocycles. The number of carbonyl (C=O) groups is 1. The van der Waals surface area contributed by atoms with Gasteiger partial charge in [0, 0.05) is 36.7 Å². The molecule has 6 nitrogen and oxygen atoms in total. The van der Waals surface area contributed by atoms with Gasteiger partial charge in [-0.15, -0.1) is 0 Å². The van der Waals surface area contributed by atoms with Crippen LogP contribution in [0.2, 0.25) is 0 Å². The van der Waals surface area contributed by atoms with Crippen molar-refractivity contribution >= 4 is 16.8 Å². The Morgan fingerprint density at radius 2 is 1.84 bits per heavy atom. The second-order valence-corrected chi connectivity index (χ2v) is 7.85. The number of fused-ring (bicyclic) bond motifs is 2. The van der Waals surface area contributed by atoms with E-state index in [9.17, 15) is 4.79 Å². The van der Waals surface area contributed by atoms with Gasteiger partial charge in [-0.2, -0.15) is 0 Å². The molecule has 31 heavy (non-hydrogen) atoms. The summed E-state index contributed by atoms with van der Waals surface area (Å²) in [6, 6.07) is 12.4. The minimum Gasteiger partial charge on any atom is -0.490 e. The van der Waals surface area contributed by atoms with E-state index in [4.69, 9.17) is 9.47 Å². The van der Waals surface area contributed by atoms with Gasteiger partial charge in [-0.3, -0.25) is 9.69 Å². The van der Waals surface area contributed by atoms with Crippen molar-refractivity contribution < 1.29 is 14.3 Å². The van der Waals surface area contributed by atoms with Gasteiger partial charge in [-0.1, -0.05) is 18.2 Å². The van der Waals surface area contributed by atoms with E-state index in [1.807, 2.05) is 32.2 Å². The third-order valence-electron chi connectivity index (χ3n) is 5.72. The topological polar surface area (TPSA) is 66.6 Å². The smallest absolute Gasteiger partial charge is 0.234 e. The van der Waals surface area contributed by atoms with Crippen LogP contribution < -0.4 is 14.8 Å². The van der Waals surface area contributed by atoms with Gasteiger partial charge in [0.25, 0.3) is 0 Å². The first-order chi connectivity index (χ1) is 15.2. The monoisotopic (exact) mass is 421 g/mol. The van der Waals surface area contributed by atoms with Crippen LogP contribution >= 0.6 is 0 Å². The molecule has 0 saturated heterocycles. The Bertz CT molecular complexity index is 1040. The highest BCUT2D eigenvalue weighted by Gasteiger charge is 2.21. The SMILES string of the molecule is CCOc1cc2c(cc1OCC)CN(CC(=O)NCCc1c[nH]c3ccccc13)CC2. The van der Waals surface area contributed by atoms with Gasteiger partial charge in [0.15, 0.2) is 11.5 Å². The number of aromatic nitrogens is 1. The van der Waals surface area contributed by atoms with Crippen LogP contribution in [0.25, 0.3) is 10.9 Å². The van der Waals surface area contributed by atoms with Crippen molar-refractivity contribution in [1.29, 1.82) is 0 Å². The summed E-state index contributed by atoms with van der Waals surface area (Å²) in [5.74, 6) is 1.67. The molecular weight excluding hydrogens is 390 g/mol. The summed E-state index contributed by atoms with van der Waals surface area (Å²) in [6.45, 7) is 7.82. The van der Waals surface area contributed by atoms with Gasteiger partial charge in [0.1, 0.15) is 0 Å². The van der Waals surface area contributed by atoms with E-state index in [-0.39, 0.29) is 5.91 Å². The zero-order chi connectivity index (χ0) is 21.6. The highest BCUT2D eigenvalue weighted by atomic mass is 16.5. The number of nitrogens with one attached hydrogen (secondary N) is 2.